The summed E-state index contributed by atoms with van der Waals surface area (Å²) in [5.74, 6) is 1.08. The molecule has 0 radical (unpaired) electrons. The maximum Gasteiger partial charge on any atom is 0.108 e. The molecule has 1 rings (SSSR count). The molecule has 1 aromatic heterocycles. The molecule has 1 aromatic rings. The molecule has 1 N–H and O–H groups in total. The van der Waals surface area contributed by atoms with Crippen LogP contribution in [-0.2, 0) is 13.0 Å². The molecule has 0 aliphatic heterocycles. The number of hydrogen-bond acceptors (Lipinski definition) is 2. The smallest absolute Gasteiger partial charge is 0.108 e. The summed E-state index contributed by atoms with van der Waals surface area (Å²) in [4.78, 5) is 4.25. The average molecular weight is 182 g/mol. The van der Waals surface area contributed by atoms with E-state index in [1.54, 1.807) is 6.20 Å². The molecule has 0 aromatic carbocycles. The van der Waals surface area contributed by atoms with Gasteiger partial charge in [0.1, 0.15) is 5.82 Å². The van der Waals surface area contributed by atoms with Crippen LogP contribution in [0, 0.1) is 0 Å². The Morgan fingerprint density at radius 2 is 2.31 bits per heavy atom. The van der Waals surface area contributed by atoms with Gasteiger partial charge in [0.25, 0.3) is 0 Å². The van der Waals surface area contributed by atoms with E-state index in [-0.39, 0.29) is 6.10 Å². The zero-order chi connectivity index (χ0) is 9.68. The molecule has 0 fully saturated rings. The molecule has 74 valence electrons. The fourth-order valence-electron chi connectivity index (χ4n) is 1.31. The summed E-state index contributed by atoms with van der Waals surface area (Å²) in [5.41, 5.74) is 0. The second-order valence-corrected chi connectivity index (χ2v) is 3.31. The van der Waals surface area contributed by atoms with Crippen molar-refractivity contribution in [1.82, 2.24) is 9.55 Å². The van der Waals surface area contributed by atoms with Crippen molar-refractivity contribution in [2.45, 2.75) is 45.8 Å². The Bertz CT molecular complexity index is 245. The summed E-state index contributed by atoms with van der Waals surface area (Å²) < 4.78 is 2.04. The van der Waals surface area contributed by atoms with Gasteiger partial charge >= 0.3 is 0 Å². The van der Waals surface area contributed by atoms with E-state index in [2.05, 4.69) is 11.9 Å². The van der Waals surface area contributed by atoms with E-state index in [0.717, 1.165) is 25.1 Å². The first-order chi connectivity index (χ1) is 6.27. The monoisotopic (exact) mass is 182 g/mol. The predicted molar refractivity (Wildman–Crippen MR) is 52.5 cm³/mol. The molecule has 0 saturated carbocycles. The molecular formula is C10H18N2O. The molecule has 0 spiro atoms. The standard InChI is InChI=1S/C10H18N2O/c1-3-5-10-11-6-7-12(10)8-9(13)4-2/h6-7,9,13H,3-5,8H2,1-2H3. The van der Waals surface area contributed by atoms with Crippen molar-refractivity contribution in [2.75, 3.05) is 0 Å². The first kappa shape index (κ1) is 10.3. The lowest BCUT2D eigenvalue weighted by atomic mass is 10.2. The first-order valence-electron chi connectivity index (χ1n) is 4.96. The molecule has 0 aliphatic carbocycles. The summed E-state index contributed by atoms with van der Waals surface area (Å²) in [7, 11) is 0. The quantitative estimate of drug-likeness (QED) is 0.751. The Hall–Kier alpha value is -0.830. The van der Waals surface area contributed by atoms with Crippen molar-refractivity contribution >= 4 is 0 Å². The number of nitrogens with zero attached hydrogens (tertiary/aromatic N) is 2. The summed E-state index contributed by atoms with van der Waals surface area (Å²) in [6.07, 6.45) is 6.37. The molecule has 1 unspecified atom stereocenters. The van der Waals surface area contributed by atoms with E-state index in [4.69, 9.17) is 0 Å². The first-order valence-corrected chi connectivity index (χ1v) is 4.96. The third-order valence-corrected chi connectivity index (χ3v) is 2.15. The molecule has 3 nitrogen and oxygen atoms in total. The van der Waals surface area contributed by atoms with E-state index >= 15 is 0 Å². The highest BCUT2D eigenvalue weighted by molar-refractivity contribution is 4.92. The largest absolute Gasteiger partial charge is 0.391 e. The number of aliphatic hydroxyl groups excluding tert-OH is 1. The van der Waals surface area contributed by atoms with Crippen LogP contribution in [0.3, 0.4) is 0 Å². The Morgan fingerprint density at radius 1 is 1.54 bits per heavy atom. The second kappa shape index (κ2) is 5.02. The highest BCUT2D eigenvalue weighted by atomic mass is 16.3. The minimum atomic E-state index is -0.246. The van der Waals surface area contributed by atoms with Gasteiger partial charge < -0.3 is 9.67 Å². The zero-order valence-corrected chi connectivity index (χ0v) is 8.40. The van der Waals surface area contributed by atoms with Crippen LogP contribution < -0.4 is 0 Å². The minimum absolute atomic E-state index is 0.246. The Labute approximate surface area is 79.4 Å². The van der Waals surface area contributed by atoms with Crippen molar-refractivity contribution in [3.05, 3.63) is 18.2 Å². The van der Waals surface area contributed by atoms with Gasteiger partial charge in [-0.2, -0.15) is 0 Å². The predicted octanol–water partition coefficient (Wildman–Crippen LogP) is 1.61. The van der Waals surface area contributed by atoms with E-state index in [1.807, 2.05) is 17.7 Å². The molecule has 3 heteroatoms. The van der Waals surface area contributed by atoms with Gasteiger partial charge in [-0.3, -0.25) is 0 Å². The summed E-state index contributed by atoms with van der Waals surface area (Å²) in [5, 5.41) is 9.47. The number of aryl methyl sites for hydroxylation is 1. The number of aliphatic hydroxyl groups is 1. The van der Waals surface area contributed by atoms with Crippen LogP contribution in [-0.4, -0.2) is 20.8 Å². The van der Waals surface area contributed by atoms with Crippen molar-refractivity contribution in [3.8, 4) is 0 Å². The van der Waals surface area contributed by atoms with Crippen LogP contribution >= 0.6 is 0 Å². The number of aromatic nitrogens is 2. The lowest BCUT2D eigenvalue weighted by Crippen LogP contribution is -2.16. The highest BCUT2D eigenvalue weighted by Gasteiger charge is 2.05. The number of hydrogen-bond donors (Lipinski definition) is 1. The molecule has 13 heavy (non-hydrogen) atoms. The molecule has 1 heterocycles. The fourth-order valence-corrected chi connectivity index (χ4v) is 1.31. The van der Waals surface area contributed by atoms with E-state index in [9.17, 15) is 5.11 Å². The van der Waals surface area contributed by atoms with Gasteiger partial charge in [-0.15, -0.1) is 0 Å². The molecule has 0 amide bonds. The van der Waals surface area contributed by atoms with Crippen LogP contribution in [0.25, 0.3) is 0 Å². The van der Waals surface area contributed by atoms with Gasteiger partial charge in [-0.1, -0.05) is 13.8 Å². The molecular weight excluding hydrogens is 164 g/mol. The third-order valence-electron chi connectivity index (χ3n) is 2.15. The van der Waals surface area contributed by atoms with Crippen LogP contribution in [0.5, 0.6) is 0 Å². The third kappa shape index (κ3) is 2.84. The molecule has 0 saturated heterocycles. The summed E-state index contributed by atoms with van der Waals surface area (Å²) >= 11 is 0. The highest BCUT2D eigenvalue weighted by Crippen LogP contribution is 2.04. The lowest BCUT2D eigenvalue weighted by Gasteiger charge is -2.11. The van der Waals surface area contributed by atoms with Crippen LogP contribution in [0.15, 0.2) is 12.4 Å². The van der Waals surface area contributed by atoms with Gasteiger partial charge in [0.15, 0.2) is 0 Å². The Morgan fingerprint density at radius 3 is 2.92 bits per heavy atom. The minimum Gasteiger partial charge on any atom is -0.391 e. The Kier molecular flexibility index (Phi) is 3.96. The molecule has 1 atom stereocenters. The van der Waals surface area contributed by atoms with Crippen molar-refractivity contribution in [1.29, 1.82) is 0 Å². The normalized spacial score (nSPS) is 13.2. The Balaban J connectivity index is 2.59. The van der Waals surface area contributed by atoms with E-state index < -0.39 is 0 Å². The van der Waals surface area contributed by atoms with Gasteiger partial charge in [-0.25, -0.2) is 4.98 Å². The van der Waals surface area contributed by atoms with Crippen molar-refractivity contribution in [3.63, 3.8) is 0 Å². The van der Waals surface area contributed by atoms with Crippen LogP contribution in [0.4, 0.5) is 0 Å². The average Bonchev–Trinajstić information content (AvgIpc) is 2.54. The van der Waals surface area contributed by atoms with Crippen LogP contribution in [0.1, 0.15) is 32.5 Å². The van der Waals surface area contributed by atoms with Gasteiger partial charge in [-0.05, 0) is 12.8 Å². The summed E-state index contributed by atoms with van der Waals surface area (Å²) in [6.45, 7) is 4.79. The van der Waals surface area contributed by atoms with Crippen LogP contribution in [0.2, 0.25) is 0 Å². The maximum absolute atomic E-state index is 9.47. The topological polar surface area (TPSA) is 38.0 Å². The number of rotatable bonds is 5. The zero-order valence-electron chi connectivity index (χ0n) is 8.40. The second-order valence-electron chi connectivity index (χ2n) is 3.31. The number of imidazole rings is 1. The van der Waals surface area contributed by atoms with Gasteiger partial charge in [0.05, 0.1) is 6.10 Å². The SMILES string of the molecule is CCCc1nccn1CC(O)CC. The van der Waals surface area contributed by atoms with Gasteiger partial charge in [0.2, 0.25) is 0 Å². The van der Waals surface area contributed by atoms with Crippen molar-refractivity contribution in [2.24, 2.45) is 0 Å². The molecule has 0 aliphatic rings. The molecule has 0 bridgehead atoms. The lowest BCUT2D eigenvalue weighted by molar-refractivity contribution is 0.148. The van der Waals surface area contributed by atoms with Crippen molar-refractivity contribution < 1.29 is 5.11 Å². The van der Waals surface area contributed by atoms with E-state index in [0.29, 0.717) is 6.54 Å². The van der Waals surface area contributed by atoms with Gasteiger partial charge in [0, 0.05) is 25.4 Å². The summed E-state index contributed by atoms with van der Waals surface area (Å²) in [6, 6.07) is 0. The van der Waals surface area contributed by atoms with E-state index in [1.165, 1.54) is 0 Å². The maximum atomic E-state index is 9.47. The fraction of sp³-hybridized carbons (Fsp3) is 0.700.